The summed E-state index contributed by atoms with van der Waals surface area (Å²) in [4.78, 5) is 2.28. The number of benzene rings is 1. The highest BCUT2D eigenvalue weighted by Gasteiger charge is 2.07. The van der Waals surface area contributed by atoms with Crippen LogP contribution in [0.4, 0.5) is 0 Å². The van der Waals surface area contributed by atoms with E-state index in [-0.39, 0.29) is 0 Å². The molecular formula is C14H23BrN2O. The lowest BCUT2D eigenvalue weighted by Gasteiger charge is -2.21. The number of nitrogens with zero attached hydrogens (tertiary/aromatic N) is 1. The number of aliphatic hydroxyl groups excluding tert-OH is 1. The van der Waals surface area contributed by atoms with Crippen LogP contribution in [-0.2, 0) is 0 Å². The number of nitrogens with one attached hydrogen (secondary N) is 1. The van der Waals surface area contributed by atoms with Crippen molar-refractivity contribution in [3.63, 3.8) is 0 Å². The molecule has 0 radical (unpaired) electrons. The van der Waals surface area contributed by atoms with Crippen LogP contribution in [0.2, 0.25) is 0 Å². The van der Waals surface area contributed by atoms with E-state index >= 15 is 0 Å². The van der Waals surface area contributed by atoms with Crippen LogP contribution in [0.1, 0.15) is 25.5 Å². The predicted octanol–water partition coefficient (Wildman–Crippen LogP) is 2.41. The summed E-state index contributed by atoms with van der Waals surface area (Å²) in [5.74, 6) is 0. The van der Waals surface area contributed by atoms with Crippen LogP contribution in [0.25, 0.3) is 0 Å². The predicted molar refractivity (Wildman–Crippen MR) is 79.7 cm³/mol. The monoisotopic (exact) mass is 314 g/mol. The molecule has 0 amide bonds. The van der Waals surface area contributed by atoms with Crippen molar-refractivity contribution in [3.8, 4) is 0 Å². The highest BCUT2D eigenvalue weighted by atomic mass is 79.9. The third-order valence-electron chi connectivity index (χ3n) is 3.09. The van der Waals surface area contributed by atoms with Gasteiger partial charge in [0.15, 0.2) is 0 Å². The molecule has 2 N–H and O–H groups in total. The number of hydrogen-bond donors (Lipinski definition) is 2. The Balaban J connectivity index is 2.27. The Morgan fingerprint density at radius 3 is 2.72 bits per heavy atom. The molecular weight excluding hydrogens is 292 g/mol. The van der Waals surface area contributed by atoms with Crippen molar-refractivity contribution in [2.75, 3.05) is 26.7 Å². The number of rotatable bonds is 7. The quantitative estimate of drug-likeness (QED) is 0.759. The molecule has 0 fully saturated rings. The van der Waals surface area contributed by atoms with Crippen molar-refractivity contribution in [3.05, 3.63) is 34.3 Å². The number of likely N-dealkylation sites (N-methyl/N-ethyl adjacent to an activating group) is 1. The molecule has 1 aromatic rings. The molecule has 0 heterocycles. The molecule has 0 saturated heterocycles. The van der Waals surface area contributed by atoms with Crippen LogP contribution < -0.4 is 5.32 Å². The van der Waals surface area contributed by atoms with Crippen molar-refractivity contribution >= 4 is 15.9 Å². The maximum atomic E-state index is 10.0. The van der Waals surface area contributed by atoms with Gasteiger partial charge in [-0.15, -0.1) is 0 Å². The van der Waals surface area contributed by atoms with Crippen LogP contribution >= 0.6 is 15.9 Å². The molecule has 0 aliphatic carbocycles. The zero-order valence-corrected chi connectivity index (χ0v) is 12.9. The van der Waals surface area contributed by atoms with E-state index in [4.69, 9.17) is 0 Å². The van der Waals surface area contributed by atoms with Crippen molar-refractivity contribution in [1.29, 1.82) is 0 Å². The molecule has 4 heteroatoms. The van der Waals surface area contributed by atoms with Gasteiger partial charge in [-0.05, 0) is 38.6 Å². The minimum absolute atomic E-state index is 0.452. The van der Waals surface area contributed by atoms with Crippen molar-refractivity contribution in [2.45, 2.75) is 26.0 Å². The molecule has 3 nitrogen and oxygen atoms in total. The summed E-state index contributed by atoms with van der Waals surface area (Å²) in [5.41, 5.74) is 0.939. The Hall–Kier alpha value is -0.420. The molecule has 0 saturated carbocycles. The summed E-state index contributed by atoms with van der Waals surface area (Å²) in [6.07, 6.45) is -0.452. The van der Waals surface area contributed by atoms with Gasteiger partial charge in [-0.25, -0.2) is 0 Å². The smallest absolute Gasteiger partial charge is 0.0914 e. The van der Waals surface area contributed by atoms with Gasteiger partial charge >= 0.3 is 0 Å². The van der Waals surface area contributed by atoms with Crippen molar-refractivity contribution in [2.24, 2.45) is 0 Å². The van der Waals surface area contributed by atoms with E-state index in [1.807, 2.05) is 24.3 Å². The summed E-state index contributed by atoms with van der Waals surface area (Å²) in [7, 11) is 2.11. The summed E-state index contributed by atoms with van der Waals surface area (Å²) >= 11 is 3.41. The molecule has 0 aromatic heterocycles. The zero-order valence-electron chi connectivity index (χ0n) is 11.4. The molecule has 102 valence electrons. The fraction of sp³-hybridized carbons (Fsp3) is 0.571. The van der Waals surface area contributed by atoms with E-state index in [9.17, 15) is 5.11 Å². The van der Waals surface area contributed by atoms with E-state index < -0.39 is 6.10 Å². The molecule has 1 rings (SSSR count). The maximum absolute atomic E-state index is 10.0. The Morgan fingerprint density at radius 2 is 2.11 bits per heavy atom. The number of halogens is 1. The van der Waals surface area contributed by atoms with Crippen LogP contribution in [0.15, 0.2) is 28.7 Å². The minimum Gasteiger partial charge on any atom is -0.387 e. The van der Waals surface area contributed by atoms with E-state index in [2.05, 4.69) is 47.0 Å². The lowest BCUT2D eigenvalue weighted by molar-refractivity contribution is 0.171. The Kier molecular flexibility index (Phi) is 6.86. The second kappa shape index (κ2) is 7.89. The first-order chi connectivity index (χ1) is 8.50. The molecule has 0 aliphatic heterocycles. The summed E-state index contributed by atoms with van der Waals surface area (Å²) < 4.78 is 0.999. The molecule has 1 unspecified atom stereocenters. The van der Waals surface area contributed by atoms with E-state index in [0.29, 0.717) is 12.6 Å². The van der Waals surface area contributed by atoms with Crippen molar-refractivity contribution < 1.29 is 5.11 Å². The molecule has 1 atom stereocenters. The number of hydrogen-bond acceptors (Lipinski definition) is 3. The highest BCUT2D eigenvalue weighted by molar-refractivity contribution is 9.10. The van der Waals surface area contributed by atoms with Gasteiger partial charge in [-0.1, -0.05) is 28.1 Å². The molecule has 0 spiro atoms. The van der Waals surface area contributed by atoms with Crippen LogP contribution in [0.5, 0.6) is 0 Å². The van der Waals surface area contributed by atoms with Gasteiger partial charge in [-0.2, -0.15) is 0 Å². The standard InChI is InChI=1S/C14H23BrN2O/c1-11(2)17(3)8-7-16-10-14(18)12-5-4-6-13(15)9-12/h4-6,9,11,14,16,18H,7-8,10H2,1-3H3. The second-order valence-corrected chi connectivity index (χ2v) is 5.76. The molecule has 1 aromatic carbocycles. The second-order valence-electron chi connectivity index (χ2n) is 4.85. The normalized spacial score (nSPS) is 13.3. The fourth-order valence-corrected chi connectivity index (χ4v) is 2.00. The van der Waals surface area contributed by atoms with Crippen molar-refractivity contribution in [1.82, 2.24) is 10.2 Å². The average molecular weight is 315 g/mol. The molecule has 0 bridgehead atoms. The van der Waals surface area contributed by atoms with Crippen LogP contribution in [-0.4, -0.2) is 42.7 Å². The van der Waals surface area contributed by atoms with E-state index in [1.54, 1.807) is 0 Å². The third kappa shape index (κ3) is 5.48. The first-order valence-electron chi connectivity index (χ1n) is 6.35. The Morgan fingerprint density at radius 1 is 1.39 bits per heavy atom. The maximum Gasteiger partial charge on any atom is 0.0914 e. The summed E-state index contributed by atoms with van der Waals surface area (Å²) in [6, 6.07) is 8.35. The molecule has 18 heavy (non-hydrogen) atoms. The lowest BCUT2D eigenvalue weighted by atomic mass is 10.1. The fourth-order valence-electron chi connectivity index (χ4n) is 1.58. The van der Waals surface area contributed by atoms with Gasteiger partial charge in [0.1, 0.15) is 0 Å². The largest absolute Gasteiger partial charge is 0.387 e. The lowest BCUT2D eigenvalue weighted by Crippen LogP contribution is -2.35. The van der Waals surface area contributed by atoms with Gasteiger partial charge in [0, 0.05) is 30.1 Å². The van der Waals surface area contributed by atoms with Crippen LogP contribution in [0, 0.1) is 0 Å². The van der Waals surface area contributed by atoms with Gasteiger partial charge < -0.3 is 15.3 Å². The van der Waals surface area contributed by atoms with Gasteiger partial charge in [0.25, 0.3) is 0 Å². The Labute approximate surface area is 118 Å². The Bertz CT molecular complexity index is 357. The van der Waals surface area contributed by atoms with E-state index in [0.717, 1.165) is 23.1 Å². The summed E-state index contributed by atoms with van der Waals surface area (Å²) in [5, 5.41) is 13.3. The van der Waals surface area contributed by atoms with Gasteiger partial charge in [-0.3, -0.25) is 0 Å². The summed E-state index contributed by atoms with van der Waals surface area (Å²) in [6.45, 7) is 6.82. The topological polar surface area (TPSA) is 35.5 Å². The highest BCUT2D eigenvalue weighted by Crippen LogP contribution is 2.17. The third-order valence-corrected chi connectivity index (χ3v) is 3.59. The minimum atomic E-state index is -0.452. The van der Waals surface area contributed by atoms with Crippen LogP contribution in [0.3, 0.4) is 0 Å². The zero-order chi connectivity index (χ0) is 13.5. The first kappa shape index (κ1) is 15.6. The van der Waals surface area contributed by atoms with E-state index in [1.165, 1.54) is 0 Å². The molecule has 0 aliphatic rings. The average Bonchev–Trinajstić information content (AvgIpc) is 2.33. The van der Waals surface area contributed by atoms with Gasteiger partial charge in [0.2, 0.25) is 0 Å². The number of aliphatic hydroxyl groups is 1. The first-order valence-corrected chi connectivity index (χ1v) is 7.14. The van der Waals surface area contributed by atoms with Gasteiger partial charge in [0.05, 0.1) is 6.10 Å². The SMILES string of the molecule is CC(C)N(C)CCNCC(O)c1cccc(Br)c1.